The summed E-state index contributed by atoms with van der Waals surface area (Å²) in [6.45, 7) is 3.85. The van der Waals surface area contributed by atoms with E-state index in [2.05, 4.69) is 19.2 Å². The third kappa shape index (κ3) is 30.0. The van der Waals surface area contributed by atoms with E-state index in [1.165, 1.54) is 180 Å². The Kier molecular flexibility index (Phi) is 37.4. The highest BCUT2D eigenvalue weighted by Crippen LogP contribution is 2.23. The summed E-state index contributed by atoms with van der Waals surface area (Å²) in [7, 11) is 0. The van der Waals surface area contributed by atoms with Gasteiger partial charge < -0.3 is 40.3 Å². The predicted molar refractivity (Wildman–Crippen MR) is 235 cm³/mol. The van der Waals surface area contributed by atoms with Gasteiger partial charge in [0, 0.05) is 6.42 Å². The molecule has 1 rings (SSSR count). The molecule has 1 heterocycles. The molecular weight excluding hydrogens is 719 g/mol. The van der Waals surface area contributed by atoms with Crippen LogP contribution in [0.2, 0.25) is 0 Å². The van der Waals surface area contributed by atoms with Gasteiger partial charge in [-0.05, 0) is 12.8 Å². The van der Waals surface area contributed by atoms with Crippen molar-refractivity contribution in [3.63, 3.8) is 0 Å². The SMILES string of the molecule is CCCCCCCCCCCCCCCCCCCCCCCC(=O)N[C@@H](CO[C@H]1O[C@H](CO)[C@H](O)[C@H](O)[C@H]1O)[C@H](O)CCCCCCCCCCCCCCC. The normalized spacial score (nSPS) is 20.9. The molecular formula is C48H95NO8. The summed E-state index contributed by atoms with van der Waals surface area (Å²) in [5.41, 5.74) is 0. The maximum Gasteiger partial charge on any atom is 0.220 e. The number of nitrogens with one attached hydrogen (secondary N) is 1. The van der Waals surface area contributed by atoms with E-state index >= 15 is 0 Å². The minimum atomic E-state index is -1.55. The minimum Gasteiger partial charge on any atom is -0.394 e. The van der Waals surface area contributed by atoms with Gasteiger partial charge in [0.2, 0.25) is 5.91 Å². The summed E-state index contributed by atoms with van der Waals surface area (Å²) >= 11 is 0. The monoisotopic (exact) mass is 814 g/mol. The zero-order valence-electron chi connectivity index (χ0n) is 37.4. The second-order valence-electron chi connectivity index (χ2n) is 17.6. The zero-order chi connectivity index (χ0) is 41.6. The van der Waals surface area contributed by atoms with Crippen molar-refractivity contribution in [1.29, 1.82) is 0 Å². The van der Waals surface area contributed by atoms with Crippen molar-refractivity contribution in [3.05, 3.63) is 0 Å². The number of aliphatic hydroxyl groups is 5. The van der Waals surface area contributed by atoms with Crippen LogP contribution in [-0.4, -0.2) is 87.5 Å². The number of ether oxygens (including phenoxy) is 2. The smallest absolute Gasteiger partial charge is 0.220 e. The van der Waals surface area contributed by atoms with Gasteiger partial charge in [-0.3, -0.25) is 4.79 Å². The van der Waals surface area contributed by atoms with Crippen LogP contribution >= 0.6 is 0 Å². The van der Waals surface area contributed by atoms with Gasteiger partial charge in [-0.2, -0.15) is 0 Å². The summed E-state index contributed by atoms with van der Waals surface area (Å²) in [6, 6.07) is -0.711. The molecule has 9 heteroatoms. The van der Waals surface area contributed by atoms with Crippen LogP contribution in [0, 0.1) is 0 Å². The highest BCUT2D eigenvalue weighted by Gasteiger charge is 2.44. The van der Waals surface area contributed by atoms with E-state index in [1.807, 2.05) is 0 Å². The largest absolute Gasteiger partial charge is 0.394 e. The van der Waals surface area contributed by atoms with Gasteiger partial charge in [-0.15, -0.1) is 0 Å². The van der Waals surface area contributed by atoms with E-state index in [4.69, 9.17) is 9.47 Å². The molecule has 1 saturated heterocycles. The van der Waals surface area contributed by atoms with Crippen LogP contribution in [0.3, 0.4) is 0 Å². The molecule has 1 aliphatic rings. The van der Waals surface area contributed by atoms with Gasteiger partial charge >= 0.3 is 0 Å². The fourth-order valence-corrected chi connectivity index (χ4v) is 8.22. The topological polar surface area (TPSA) is 149 Å². The number of carbonyl (C=O) groups is 1. The van der Waals surface area contributed by atoms with Gasteiger partial charge in [0.1, 0.15) is 24.4 Å². The molecule has 9 nitrogen and oxygen atoms in total. The fourth-order valence-electron chi connectivity index (χ4n) is 8.22. The van der Waals surface area contributed by atoms with Crippen LogP contribution < -0.4 is 5.32 Å². The molecule has 0 aliphatic carbocycles. The first-order chi connectivity index (χ1) is 27.8. The number of rotatable bonds is 42. The predicted octanol–water partition coefficient (Wildman–Crippen LogP) is 10.7. The Labute approximate surface area is 351 Å². The first-order valence-corrected chi connectivity index (χ1v) is 24.7. The molecule has 0 spiro atoms. The van der Waals surface area contributed by atoms with Gasteiger partial charge in [-0.1, -0.05) is 226 Å². The third-order valence-electron chi connectivity index (χ3n) is 12.2. The quantitative estimate of drug-likeness (QED) is 0.0334. The van der Waals surface area contributed by atoms with Gasteiger partial charge in [0.25, 0.3) is 0 Å². The third-order valence-corrected chi connectivity index (χ3v) is 12.2. The number of carbonyl (C=O) groups excluding carboxylic acids is 1. The Hall–Kier alpha value is -0.810. The van der Waals surface area contributed by atoms with Crippen molar-refractivity contribution in [2.45, 2.75) is 288 Å². The molecule has 1 fully saturated rings. The highest BCUT2D eigenvalue weighted by molar-refractivity contribution is 5.76. The Balaban J connectivity index is 2.24. The lowest BCUT2D eigenvalue weighted by Gasteiger charge is -2.40. The highest BCUT2D eigenvalue weighted by atomic mass is 16.7. The minimum absolute atomic E-state index is 0.132. The molecule has 6 N–H and O–H groups in total. The average Bonchev–Trinajstić information content (AvgIpc) is 3.21. The number of unbranched alkanes of at least 4 members (excludes halogenated alkanes) is 32. The molecule has 57 heavy (non-hydrogen) atoms. The summed E-state index contributed by atoms with van der Waals surface area (Å²) in [5.74, 6) is -0.139. The summed E-state index contributed by atoms with van der Waals surface area (Å²) in [5, 5.41) is 54.4. The number of aliphatic hydroxyl groups excluding tert-OH is 5. The Morgan fingerprint density at radius 2 is 0.877 bits per heavy atom. The van der Waals surface area contributed by atoms with Crippen LogP contribution in [0.5, 0.6) is 0 Å². The van der Waals surface area contributed by atoms with Crippen LogP contribution in [-0.2, 0) is 14.3 Å². The summed E-state index contributed by atoms with van der Waals surface area (Å²) < 4.78 is 11.3. The van der Waals surface area contributed by atoms with E-state index in [9.17, 15) is 30.3 Å². The molecule has 1 aliphatic heterocycles. The van der Waals surface area contributed by atoms with Crippen LogP contribution in [0.4, 0.5) is 0 Å². The molecule has 0 saturated carbocycles. The lowest BCUT2D eigenvalue weighted by Crippen LogP contribution is -2.60. The van der Waals surface area contributed by atoms with Gasteiger partial charge in [-0.25, -0.2) is 0 Å². The molecule has 0 aromatic carbocycles. The standard InChI is InChI=1S/C48H95NO8/c1-3-5-7-9-11-13-15-17-18-19-20-21-22-23-24-26-28-30-32-34-36-38-44(52)49-41(40-56-48-47(55)46(54)45(53)43(39-50)57-48)42(51)37-35-33-31-29-27-25-16-14-12-10-8-6-4-2/h41-43,45-48,50-51,53-55H,3-40H2,1-2H3,(H,49,52)/t41-,42+,43+,45-,46-,47+,48-/m0/s1. The van der Waals surface area contributed by atoms with Crippen molar-refractivity contribution in [3.8, 4) is 0 Å². The van der Waals surface area contributed by atoms with Crippen molar-refractivity contribution in [1.82, 2.24) is 5.32 Å². The Morgan fingerprint density at radius 1 is 0.526 bits per heavy atom. The Morgan fingerprint density at radius 3 is 1.25 bits per heavy atom. The maximum absolute atomic E-state index is 13.0. The van der Waals surface area contributed by atoms with Crippen LogP contribution in [0.25, 0.3) is 0 Å². The van der Waals surface area contributed by atoms with E-state index in [-0.39, 0.29) is 12.5 Å². The molecule has 340 valence electrons. The van der Waals surface area contributed by atoms with Crippen molar-refractivity contribution < 1.29 is 39.8 Å². The first-order valence-electron chi connectivity index (χ1n) is 24.7. The van der Waals surface area contributed by atoms with Crippen molar-refractivity contribution in [2.75, 3.05) is 13.2 Å². The lowest BCUT2D eigenvalue weighted by molar-refractivity contribution is -0.302. The Bertz CT molecular complexity index is 862. The second kappa shape index (κ2) is 39.3. The number of hydrogen-bond acceptors (Lipinski definition) is 8. The van der Waals surface area contributed by atoms with E-state index in [0.717, 1.165) is 38.5 Å². The maximum atomic E-state index is 13.0. The molecule has 1 amide bonds. The zero-order valence-corrected chi connectivity index (χ0v) is 37.4. The molecule has 0 unspecified atom stereocenters. The number of amides is 1. The number of hydrogen-bond donors (Lipinski definition) is 6. The molecule has 7 atom stereocenters. The molecule has 0 bridgehead atoms. The summed E-state index contributed by atoms with van der Waals surface area (Å²) in [4.78, 5) is 13.0. The summed E-state index contributed by atoms with van der Waals surface area (Å²) in [6.07, 6.45) is 36.8. The average molecular weight is 814 g/mol. The van der Waals surface area contributed by atoms with Gasteiger partial charge in [0.15, 0.2) is 6.29 Å². The molecule has 0 radical (unpaired) electrons. The van der Waals surface area contributed by atoms with E-state index in [1.54, 1.807) is 0 Å². The van der Waals surface area contributed by atoms with E-state index in [0.29, 0.717) is 12.8 Å². The van der Waals surface area contributed by atoms with Gasteiger partial charge in [0.05, 0.1) is 25.4 Å². The second-order valence-corrected chi connectivity index (χ2v) is 17.6. The van der Waals surface area contributed by atoms with Crippen molar-refractivity contribution >= 4 is 5.91 Å². The lowest BCUT2D eigenvalue weighted by atomic mass is 9.99. The van der Waals surface area contributed by atoms with E-state index < -0.39 is 49.5 Å². The van der Waals surface area contributed by atoms with Crippen LogP contribution in [0.15, 0.2) is 0 Å². The van der Waals surface area contributed by atoms with Crippen LogP contribution in [0.1, 0.15) is 245 Å². The molecule has 0 aromatic rings. The molecule has 0 aromatic heterocycles. The first kappa shape index (κ1) is 54.2. The fraction of sp³-hybridized carbons (Fsp3) is 0.979. The van der Waals surface area contributed by atoms with Crippen molar-refractivity contribution in [2.24, 2.45) is 0 Å².